The van der Waals surface area contributed by atoms with Gasteiger partial charge >= 0.3 is 0 Å². The van der Waals surface area contributed by atoms with Gasteiger partial charge in [-0.3, -0.25) is 4.90 Å². The Morgan fingerprint density at radius 3 is 2.58 bits per heavy atom. The Bertz CT molecular complexity index is 859. The molecule has 128 valence electrons. The van der Waals surface area contributed by atoms with E-state index in [1.54, 1.807) is 0 Å². The number of thiazole rings is 1. The summed E-state index contributed by atoms with van der Waals surface area (Å²) in [5.41, 5.74) is 0. The van der Waals surface area contributed by atoms with Gasteiger partial charge in [-0.25, -0.2) is 4.98 Å². The van der Waals surface area contributed by atoms with Crippen molar-refractivity contribution in [2.75, 3.05) is 33.2 Å². The molecule has 0 bridgehead atoms. The second-order valence-corrected chi connectivity index (χ2v) is 7.34. The summed E-state index contributed by atoms with van der Waals surface area (Å²) in [5, 5.41) is 15.0. The average Bonchev–Trinajstić information content (AvgIpc) is 3.20. The molecule has 0 spiro atoms. The van der Waals surface area contributed by atoms with Gasteiger partial charge in [0.25, 0.3) is 0 Å². The molecule has 0 amide bonds. The second kappa shape index (κ2) is 5.87. The summed E-state index contributed by atoms with van der Waals surface area (Å²) in [6, 6.07) is 3.86. The van der Waals surface area contributed by atoms with E-state index in [2.05, 4.69) is 26.9 Å². The van der Waals surface area contributed by atoms with E-state index in [4.69, 9.17) is 4.42 Å². The lowest BCUT2D eigenvalue weighted by Crippen LogP contribution is -2.46. The fraction of sp³-hybridized carbons (Fsp3) is 0.500. The zero-order valence-corrected chi connectivity index (χ0v) is 14.9. The van der Waals surface area contributed by atoms with Crippen molar-refractivity contribution >= 4 is 16.3 Å². The molecule has 0 aromatic carbocycles. The summed E-state index contributed by atoms with van der Waals surface area (Å²) >= 11 is 1.48. The molecule has 1 saturated heterocycles. The smallest absolute Gasteiger partial charge is 0.230 e. The van der Waals surface area contributed by atoms with Crippen molar-refractivity contribution in [3.63, 3.8) is 0 Å². The van der Waals surface area contributed by atoms with E-state index in [1.807, 2.05) is 26.0 Å². The highest BCUT2D eigenvalue weighted by Crippen LogP contribution is 2.40. The van der Waals surface area contributed by atoms with Gasteiger partial charge in [-0.05, 0) is 33.0 Å². The fourth-order valence-electron chi connectivity index (χ4n) is 3.18. The predicted octanol–water partition coefficient (Wildman–Crippen LogP) is 2.04. The molecule has 3 aromatic heterocycles. The van der Waals surface area contributed by atoms with Crippen LogP contribution >= 0.6 is 11.3 Å². The van der Waals surface area contributed by atoms with Crippen LogP contribution in [0, 0.1) is 13.8 Å². The van der Waals surface area contributed by atoms with Crippen LogP contribution in [0.4, 0.5) is 0 Å². The monoisotopic (exact) mass is 347 g/mol. The minimum absolute atomic E-state index is 0.110. The fourth-order valence-corrected chi connectivity index (χ4v) is 4.32. The molecule has 1 atom stereocenters. The second-order valence-electron chi connectivity index (χ2n) is 6.33. The van der Waals surface area contributed by atoms with Crippen molar-refractivity contribution in [2.45, 2.75) is 19.9 Å². The highest BCUT2D eigenvalue weighted by molar-refractivity contribution is 7.17. The van der Waals surface area contributed by atoms with Gasteiger partial charge in [0.2, 0.25) is 10.8 Å². The number of likely N-dealkylation sites (N-methyl/N-ethyl adjacent to an activating group) is 1. The number of aromatic nitrogens is 3. The first-order chi connectivity index (χ1) is 11.5. The van der Waals surface area contributed by atoms with Crippen LogP contribution in [0.3, 0.4) is 0 Å². The van der Waals surface area contributed by atoms with Crippen LogP contribution in [-0.4, -0.2) is 62.7 Å². The van der Waals surface area contributed by atoms with Crippen molar-refractivity contribution < 1.29 is 9.52 Å². The lowest BCUT2D eigenvalue weighted by molar-refractivity contribution is 0.117. The normalized spacial score (nSPS) is 18.5. The van der Waals surface area contributed by atoms with E-state index in [0.717, 1.165) is 42.6 Å². The third-order valence-electron chi connectivity index (χ3n) is 4.49. The van der Waals surface area contributed by atoms with Crippen molar-refractivity contribution in [3.8, 4) is 5.88 Å². The number of piperazine rings is 1. The molecule has 7 nitrogen and oxygen atoms in total. The van der Waals surface area contributed by atoms with Crippen LogP contribution in [0.1, 0.15) is 28.3 Å². The largest absolute Gasteiger partial charge is 0.492 e. The Labute approximate surface area is 144 Å². The first-order valence-electron chi connectivity index (χ1n) is 8.07. The number of hydrogen-bond acceptors (Lipinski definition) is 7. The number of fused-ring (bicyclic) bond motifs is 1. The minimum Gasteiger partial charge on any atom is -0.492 e. The van der Waals surface area contributed by atoms with E-state index in [-0.39, 0.29) is 11.9 Å². The molecule has 8 heteroatoms. The highest BCUT2D eigenvalue weighted by Gasteiger charge is 2.33. The summed E-state index contributed by atoms with van der Waals surface area (Å²) in [6.07, 6.45) is 0. The Morgan fingerprint density at radius 1 is 1.21 bits per heavy atom. The molecule has 4 rings (SSSR count). The minimum atomic E-state index is -0.110. The van der Waals surface area contributed by atoms with E-state index < -0.39 is 0 Å². The standard InChI is InChI=1S/C16H21N5O2S/c1-10-4-5-12(23-10)13(20-8-6-19(3)7-9-20)14-15(22)21-16(24-14)17-11(2)18-21/h4-5,13,22H,6-9H2,1-3H3/t13-/m1/s1. The van der Waals surface area contributed by atoms with Crippen LogP contribution in [0.25, 0.3) is 4.96 Å². The Hall–Kier alpha value is -1.90. The molecule has 0 unspecified atom stereocenters. The zero-order chi connectivity index (χ0) is 16.8. The molecule has 4 heterocycles. The average molecular weight is 347 g/mol. The maximum absolute atomic E-state index is 10.7. The number of aromatic hydroxyl groups is 1. The maximum atomic E-state index is 10.7. The topological polar surface area (TPSA) is 70.0 Å². The van der Waals surface area contributed by atoms with Gasteiger partial charge in [-0.15, -0.1) is 5.10 Å². The van der Waals surface area contributed by atoms with Gasteiger partial charge in [-0.2, -0.15) is 4.52 Å². The zero-order valence-electron chi connectivity index (χ0n) is 14.1. The number of furan rings is 1. The molecule has 24 heavy (non-hydrogen) atoms. The van der Waals surface area contributed by atoms with E-state index in [9.17, 15) is 5.11 Å². The van der Waals surface area contributed by atoms with Gasteiger partial charge in [0.15, 0.2) is 0 Å². The Balaban J connectivity index is 1.78. The molecule has 0 aliphatic carbocycles. The first-order valence-corrected chi connectivity index (χ1v) is 8.88. The van der Waals surface area contributed by atoms with Crippen molar-refractivity contribution in [2.24, 2.45) is 0 Å². The van der Waals surface area contributed by atoms with E-state index in [1.165, 1.54) is 15.9 Å². The summed E-state index contributed by atoms with van der Waals surface area (Å²) in [5.74, 6) is 2.55. The summed E-state index contributed by atoms with van der Waals surface area (Å²) in [7, 11) is 2.13. The third kappa shape index (κ3) is 2.60. The summed E-state index contributed by atoms with van der Waals surface area (Å²) in [6.45, 7) is 7.61. The summed E-state index contributed by atoms with van der Waals surface area (Å²) < 4.78 is 7.44. The van der Waals surface area contributed by atoms with Gasteiger partial charge < -0.3 is 14.4 Å². The van der Waals surface area contributed by atoms with Crippen LogP contribution < -0.4 is 0 Å². The Morgan fingerprint density at radius 2 is 1.96 bits per heavy atom. The van der Waals surface area contributed by atoms with Crippen LogP contribution in [0.5, 0.6) is 5.88 Å². The molecular weight excluding hydrogens is 326 g/mol. The van der Waals surface area contributed by atoms with Gasteiger partial charge in [0, 0.05) is 26.2 Å². The van der Waals surface area contributed by atoms with Crippen molar-refractivity contribution in [1.29, 1.82) is 0 Å². The van der Waals surface area contributed by atoms with Crippen LogP contribution in [0.15, 0.2) is 16.5 Å². The molecule has 0 saturated carbocycles. The lowest BCUT2D eigenvalue weighted by atomic mass is 10.1. The van der Waals surface area contributed by atoms with Crippen molar-refractivity contribution in [1.82, 2.24) is 24.4 Å². The molecule has 0 radical (unpaired) electrons. The Kier molecular flexibility index (Phi) is 3.82. The number of aryl methyl sites for hydroxylation is 2. The van der Waals surface area contributed by atoms with Gasteiger partial charge in [0.05, 0.1) is 4.88 Å². The number of nitrogens with zero attached hydrogens (tertiary/aromatic N) is 5. The number of hydrogen-bond donors (Lipinski definition) is 1. The maximum Gasteiger partial charge on any atom is 0.230 e. The molecule has 1 aliphatic rings. The molecule has 1 fully saturated rings. The van der Waals surface area contributed by atoms with Crippen LogP contribution in [0.2, 0.25) is 0 Å². The third-order valence-corrected chi connectivity index (χ3v) is 5.56. The van der Waals surface area contributed by atoms with Gasteiger partial charge in [0.1, 0.15) is 23.4 Å². The molecule has 1 N–H and O–H groups in total. The number of rotatable bonds is 3. The molecule has 3 aromatic rings. The SMILES string of the molecule is Cc1nc2sc([C@@H](c3ccc(C)o3)N3CCN(C)CC3)c(O)n2n1. The quantitative estimate of drug-likeness (QED) is 0.782. The van der Waals surface area contributed by atoms with Crippen LogP contribution in [-0.2, 0) is 0 Å². The molecular formula is C16H21N5O2S. The first kappa shape index (κ1) is 15.6. The highest BCUT2D eigenvalue weighted by atomic mass is 32.1. The predicted molar refractivity (Wildman–Crippen MR) is 91.6 cm³/mol. The van der Waals surface area contributed by atoms with Gasteiger partial charge in [-0.1, -0.05) is 11.3 Å². The van der Waals surface area contributed by atoms with Crippen molar-refractivity contribution in [3.05, 3.63) is 34.4 Å². The lowest BCUT2D eigenvalue weighted by Gasteiger charge is -2.36. The van der Waals surface area contributed by atoms with E-state index in [0.29, 0.717) is 10.8 Å². The molecule has 1 aliphatic heterocycles. The van der Waals surface area contributed by atoms with E-state index >= 15 is 0 Å². The summed E-state index contributed by atoms with van der Waals surface area (Å²) in [4.78, 5) is 10.6.